The van der Waals surface area contributed by atoms with Crippen LogP contribution in [-0.4, -0.2) is 36.6 Å². The summed E-state index contributed by atoms with van der Waals surface area (Å²) in [7, 11) is 3.10. The van der Waals surface area contributed by atoms with Gasteiger partial charge in [-0.05, 0) is 32.0 Å². The number of hydrogen-bond donors (Lipinski definition) is 2. The molecule has 0 radical (unpaired) electrons. The van der Waals surface area contributed by atoms with Crippen LogP contribution in [-0.2, 0) is 16.0 Å². The molecule has 2 amide bonds. The van der Waals surface area contributed by atoms with Crippen molar-refractivity contribution < 1.29 is 27.9 Å². The number of aromatic nitrogens is 1. The molecule has 0 bridgehead atoms. The molecule has 4 rings (SSSR count). The summed E-state index contributed by atoms with van der Waals surface area (Å²) >= 11 is 0. The van der Waals surface area contributed by atoms with Crippen molar-refractivity contribution in [3.8, 4) is 22.8 Å². The maximum absolute atomic E-state index is 12.6. The fourth-order valence-corrected chi connectivity index (χ4v) is 3.74. The van der Waals surface area contributed by atoms with E-state index in [1.807, 2.05) is 32.0 Å². The molecule has 2 aromatic carbocycles. The van der Waals surface area contributed by atoms with Gasteiger partial charge in [-0.25, -0.2) is 4.98 Å². The summed E-state index contributed by atoms with van der Waals surface area (Å²) in [6.07, 6.45) is 4.88. The molecule has 0 spiro atoms. The molecule has 0 aliphatic rings. The second kappa shape index (κ2) is 9.30. The third-order valence-corrected chi connectivity index (χ3v) is 5.32. The second-order valence-corrected chi connectivity index (χ2v) is 8.33. The summed E-state index contributed by atoms with van der Waals surface area (Å²) in [6.45, 7) is 3.64. The number of amides is 2. The summed E-state index contributed by atoms with van der Waals surface area (Å²) in [4.78, 5) is 29.1. The summed E-state index contributed by atoms with van der Waals surface area (Å²) in [6, 6.07) is 10.6. The molecule has 2 N–H and O–H groups in total. The number of fused-ring (bicyclic) bond motifs is 1. The molecule has 0 unspecified atom stereocenters. The zero-order chi connectivity index (χ0) is 24.3. The van der Waals surface area contributed by atoms with Crippen LogP contribution in [0.2, 0.25) is 0 Å². The van der Waals surface area contributed by atoms with Crippen molar-refractivity contribution in [2.45, 2.75) is 25.8 Å². The lowest BCUT2D eigenvalue weighted by atomic mass is 9.97. The lowest BCUT2D eigenvalue weighted by Crippen LogP contribution is -2.49. The third kappa shape index (κ3) is 4.73. The Morgan fingerprint density at radius 1 is 1.00 bits per heavy atom. The van der Waals surface area contributed by atoms with Gasteiger partial charge in [0.25, 0.3) is 0 Å². The van der Waals surface area contributed by atoms with Crippen molar-refractivity contribution in [1.82, 2.24) is 10.3 Å². The number of nitrogens with one attached hydrogen (secondary N) is 2. The van der Waals surface area contributed by atoms with Crippen molar-refractivity contribution >= 4 is 28.3 Å². The highest BCUT2D eigenvalue weighted by molar-refractivity contribution is 6.39. The van der Waals surface area contributed by atoms with Crippen LogP contribution in [0, 0.1) is 0 Å². The summed E-state index contributed by atoms with van der Waals surface area (Å²) < 4.78 is 21.8. The van der Waals surface area contributed by atoms with Crippen LogP contribution < -0.4 is 20.1 Å². The molecule has 0 atom stereocenters. The Hall–Kier alpha value is -4.27. The molecule has 2 aromatic heterocycles. The van der Waals surface area contributed by atoms with E-state index in [0.717, 1.165) is 10.8 Å². The molecule has 4 aromatic rings. The first-order chi connectivity index (χ1) is 16.3. The number of furan rings is 1. The van der Waals surface area contributed by atoms with E-state index in [0.29, 0.717) is 40.7 Å². The highest BCUT2D eigenvalue weighted by Crippen LogP contribution is 2.33. The number of benzene rings is 2. The number of rotatable bonds is 7. The standard InChI is InChI=1S/C25H25N3O6/c1-25(2,11-21-16-6-5-7-19(31-3)18(16)13-33-21)28-24(30)23(29)27-15-8-9-17(20(10-15)32-4)22-12-26-14-34-22/h5-10,12-14H,11H2,1-4H3,(H,27,29)(H,28,30). The van der Waals surface area contributed by atoms with Gasteiger partial charge in [0.1, 0.15) is 23.5 Å². The van der Waals surface area contributed by atoms with E-state index in [9.17, 15) is 9.59 Å². The SMILES string of the molecule is COc1cc(NC(=O)C(=O)NC(C)(C)Cc2occ3c(OC)cccc23)ccc1-c1cnco1. The first-order valence-electron chi connectivity index (χ1n) is 10.5. The van der Waals surface area contributed by atoms with Crippen LogP contribution >= 0.6 is 0 Å². The van der Waals surface area contributed by atoms with Crippen LogP contribution in [0.3, 0.4) is 0 Å². The number of carbonyl (C=O) groups excluding carboxylic acids is 2. The van der Waals surface area contributed by atoms with Gasteiger partial charge in [-0.3, -0.25) is 9.59 Å². The molecule has 9 heteroatoms. The average Bonchev–Trinajstić information content (AvgIpc) is 3.49. The fourth-order valence-electron chi connectivity index (χ4n) is 3.74. The van der Waals surface area contributed by atoms with E-state index < -0.39 is 17.4 Å². The molecule has 2 heterocycles. The quantitative estimate of drug-likeness (QED) is 0.395. The highest BCUT2D eigenvalue weighted by atomic mass is 16.5. The second-order valence-electron chi connectivity index (χ2n) is 8.33. The summed E-state index contributed by atoms with van der Waals surface area (Å²) in [5, 5.41) is 7.11. The molecule has 34 heavy (non-hydrogen) atoms. The zero-order valence-electron chi connectivity index (χ0n) is 19.3. The highest BCUT2D eigenvalue weighted by Gasteiger charge is 2.27. The van der Waals surface area contributed by atoms with Crippen molar-refractivity contribution in [3.63, 3.8) is 0 Å². The van der Waals surface area contributed by atoms with Gasteiger partial charge in [0.15, 0.2) is 12.2 Å². The monoisotopic (exact) mass is 463 g/mol. The normalized spacial score (nSPS) is 11.3. The summed E-state index contributed by atoms with van der Waals surface area (Å²) in [5.74, 6) is 0.823. The Morgan fingerprint density at radius 3 is 2.50 bits per heavy atom. The minimum Gasteiger partial charge on any atom is -0.496 e. The molecule has 0 aliphatic carbocycles. The zero-order valence-corrected chi connectivity index (χ0v) is 19.3. The van der Waals surface area contributed by atoms with Gasteiger partial charge in [-0.15, -0.1) is 0 Å². The van der Waals surface area contributed by atoms with Crippen LogP contribution in [0.15, 0.2) is 64.1 Å². The smallest absolute Gasteiger partial charge is 0.313 e. The van der Waals surface area contributed by atoms with Crippen LogP contribution in [0.25, 0.3) is 22.1 Å². The van der Waals surface area contributed by atoms with Gasteiger partial charge in [0.05, 0.1) is 31.4 Å². The van der Waals surface area contributed by atoms with E-state index in [1.54, 1.807) is 37.8 Å². The van der Waals surface area contributed by atoms with Crippen molar-refractivity contribution in [2.75, 3.05) is 19.5 Å². The van der Waals surface area contributed by atoms with Gasteiger partial charge in [0, 0.05) is 29.1 Å². The number of anilines is 1. The first kappa shape index (κ1) is 22.9. The van der Waals surface area contributed by atoms with Gasteiger partial charge in [0.2, 0.25) is 0 Å². The van der Waals surface area contributed by atoms with Gasteiger partial charge in [-0.1, -0.05) is 12.1 Å². The molecule has 9 nitrogen and oxygen atoms in total. The number of nitrogens with zero attached hydrogens (tertiary/aromatic N) is 1. The lowest BCUT2D eigenvalue weighted by molar-refractivity contribution is -0.137. The number of carbonyl (C=O) groups is 2. The molecule has 0 saturated carbocycles. The van der Waals surface area contributed by atoms with E-state index in [1.165, 1.54) is 13.5 Å². The number of oxazole rings is 1. The van der Waals surface area contributed by atoms with Crippen LogP contribution in [0.5, 0.6) is 11.5 Å². The molecular formula is C25H25N3O6. The molecule has 0 saturated heterocycles. The molecule has 0 aliphatic heterocycles. The molecular weight excluding hydrogens is 438 g/mol. The van der Waals surface area contributed by atoms with Crippen molar-refractivity contribution in [1.29, 1.82) is 0 Å². The van der Waals surface area contributed by atoms with E-state index in [4.69, 9.17) is 18.3 Å². The predicted molar refractivity (Wildman–Crippen MR) is 126 cm³/mol. The van der Waals surface area contributed by atoms with Crippen molar-refractivity contribution in [3.05, 3.63) is 61.0 Å². The Morgan fingerprint density at radius 2 is 1.79 bits per heavy atom. The van der Waals surface area contributed by atoms with Gasteiger partial charge in [-0.2, -0.15) is 0 Å². The molecule has 0 fully saturated rings. The topological polar surface area (TPSA) is 116 Å². The van der Waals surface area contributed by atoms with Gasteiger partial charge < -0.3 is 28.9 Å². The summed E-state index contributed by atoms with van der Waals surface area (Å²) in [5.41, 5.74) is 0.323. The minimum atomic E-state index is -0.798. The Kier molecular flexibility index (Phi) is 6.27. The van der Waals surface area contributed by atoms with E-state index in [-0.39, 0.29) is 0 Å². The van der Waals surface area contributed by atoms with Gasteiger partial charge >= 0.3 is 11.8 Å². The minimum absolute atomic E-state index is 0.377. The fraction of sp³-hybridized carbons (Fsp3) is 0.240. The average molecular weight is 463 g/mol. The number of ether oxygens (including phenoxy) is 2. The Bertz CT molecular complexity index is 1320. The van der Waals surface area contributed by atoms with Crippen LogP contribution in [0.4, 0.5) is 5.69 Å². The third-order valence-electron chi connectivity index (χ3n) is 5.32. The molecule has 176 valence electrons. The van der Waals surface area contributed by atoms with Crippen LogP contribution in [0.1, 0.15) is 19.6 Å². The Balaban J connectivity index is 1.43. The van der Waals surface area contributed by atoms with E-state index in [2.05, 4.69) is 15.6 Å². The predicted octanol–water partition coefficient (Wildman–Crippen LogP) is 4.18. The number of methoxy groups -OCH3 is 2. The largest absolute Gasteiger partial charge is 0.496 e. The van der Waals surface area contributed by atoms with E-state index >= 15 is 0 Å². The maximum atomic E-state index is 12.6. The number of hydrogen-bond acceptors (Lipinski definition) is 7. The lowest BCUT2D eigenvalue weighted by Gasteiger charge is -2.25. The van der Waals surface area contributed by atoms with Crippen molar-refractivity contribution in [2.24, 2.45) is 0 Å². The first-order valence-corrected chi connectivity index (χ1v) is 10.5. The maximum Gasteiger partial charge on any atom is 0.313 e. The Labute approximate surface area is 196 Å².